The van der Waals surface area contributed by atoms with E-state index in [-0.39, 0.29) is 5.54 Å². The van der Waals surface area contributed by atoms with Crippen LogP contribution >= 0.6 is 0 Å². The third kappa shape index (κ3) is 4.82. The Balaban J connectivity index is 2.14. The van der Waals surface area contributed by atoms with Crippen LogP contribution in [-0.4, -0.2) is 41.9 Å². The molecule has 0 aliphatic carbocycles. The number of nitrogens with zero attached hydrogens (tertiary/aromatic N) is 2. The molecule has 1 aromatic heterocycles. The van der Waals surface area contributed by atoms with E-state index < -0.39 is 0 Å². The van der Waals surface area contributed by atoms with E-state index in [0.717, 1.165) is 44.2 Å². The Hall–Kier alpha value is -1.40. The summed E-state index contributed by atoms with van der Waals surface area (Å²) in [4.78, 5) is 9.03. The van der Waals surface area contributed by atoms with E-state index in [2.05, 4.69) is 34.4 Å². The second-order valence-corrected chi connectivity index (χ2v) is 5.52. The van der Waals surface area contributed by atoms with Gasteiger partial charge in [0, 0.05) is 38.0 Å². The van der Waals surface area contributed by atoms with Gasteiger partial charge in [-0.25, -0.2) is 9.97 Å². The molecule has 0 radical (unpaired) electrons. The second-order valence-electron chi connectivity index (χ2n) is 5.52. The molecule has 1 aliphatic heterocycles. The molecule has 0 saturated carbocycles. The zero-order valence-corrected chi connectivity index (χ0v) is 13.2. The Bertz CT molecular complexity index is 447. The molecule has 0 unspecified atom stereocenters. The molecular formula is C15H26N4O2. The van der Waals surface area contributed by atoms with Gasteiger partial charge in [-0.2, -0.15) is 0 Å². The lowest BCUT2D eigenvalue weighted by Gasteiger charge is -2.35. The maximum Gasteiger partial charge on any atom is 0.158 e. The molecule has 1 aliphatic rings. The van der Waals surface area contributed by atoms with Crippen molar-refractivity contribution in [3.63, 3.8) is 0 Å². The van der Waals surface area contributed by atoms with Gasteiger partial charge in [0.2, 0.25) is 0 Å². The SMILES string of the molecule is CCNc1cc(NC2(C)CCOCC2)nc(COCC)n1. The van der Waals surface area contributed by atoms with Crippen molar-refractivity contribution in [2.45, 2.75) is 45.8 Å². The fraction of sp³-hybridized carbons (Fsp3) is 0.733. The molecule has 0 atom stereocenters. The Morgan fingerprint density at radius 3 is 2.62 bits per heavy atom. The first-order chi connectivity index (χ1) is 10.1. The van der Waals surface area contributed by atoms with Crippen LogP contribution in [0.25, 0.3) is 0 Å². The molecule has 2 N–H and O–H groups in total. The predicted octanol–water partition coefficient (Wildman–Crippen LogP) is 2.43. The Morgan fingerprint density at radius 2 is 1.95 bits per heavy atom. The van der Waals surface area contributed by atoms with Gasteiger partial charge in [0.05, 0.1) is 0 Å². The van der Waals surface area contributed by atoms with Crippen LogP contribution in [0.2, 0.25) is 0 Å². The van der Waals surface area contributed by atoms with Crippen molar-refractivity contribution >= 4 is 11.6 Å². The molecule has 2 rings (SSSR count). The Labute approximate surface area is 126 Å². The molecular weight excluding hydrogens is 268 g/mol. The zero-order valence-electron chi connectivity index (χ0n) is 13.2. The monoisotopic (exact) mass is 294 g/mol. The highest BCUT2D eigenvalue weighted by molar-refractivity contribution is 5.49. The summed E-state index contributed by atoms with van der Waals surface area (Å²) in [6.07, 6.45) is 1.96. The molecule has 0 amide bonds. The largest absolute Gasteiger partial charge is 0.381 e. The number of hydrogen-bond donors (Lipinski definition) is 2. The summed E-state index contributed by atoms with van der Waals surface area (Å²) in [5, 5.41) is 6.79. The summed E-state index contributed by atoms with van der Waals surface area (Å²) >= 11 is 0. The molecule has 0 bridgehead atoms. The summed E-state index contributed by atoms with van der Waals surface area (Å²) in [5.74, 6) is 2.38. The molecule has 2 heterocycles. The van der Waals surface area contributed by atoms with E-state index in [0.29, 0.717) is 19.0 Å². The zero-order chi connectivity index (χ0) is 15.1. The van der Waals surface area contributed by atoms with Gasteiger partial charge in [0.15, 0.2) is 5.82 Å². The molecule has 1 aromatic rings. The van der Waals surface area contributed by atoms with Gasteiger partial charge in [-0.05, 0) is 33.6 Å². The summed E-state index contributed by atoms with van der Waals surface area (Å²) < 4.78 is 10.9. The lowest BCUT2D eigenvalue weighted by molar-refractivity contribution is 0.0657. The summed E-state index contributed by atoms with van der Waals surface area (Å²) in [6, 6.07) is 1.96. The van der Waals surface area contributed by atoms with Crippen molar-refractivity contribution in [3.05, 3.63) is 11.9 Å². The van der Waals surface area contributed by atoms with Crippen LogP contribution < -0.4 is 10.6 Å². The number of nitrogens with one attached hydrogen (secondary N) is 2. The third-order valence-corrected chi connectivity index (χ3v) is 3.59. The smallest absolute Gasteiger partial charge is 0.158 e. The fourth-order valence-electron chi connectivity index (χ4n) is 2.35. The van der Waals surface area contributed by atoms with E-state index in [4.69, 9.17) is 9.47 Å². The van der Waals surface area contributed by atoms with Gasteiger partial charge in [-0.15, -0.1) is 0 Å². The minimum atomic E-state index is 0.0268. The van der Waals surface area contributed by atoms with E-state index in [1.807, 2.05) is 13.0 Å². The van der Waals surface area contributed by atoms with E-state index in [1.54, 1.807) is 0 Å². The van der Waals surface area contributed by atoms with Crippen LogP contribution in [0.1, 0.15) is 39.4 Å². The van der Waals surface area contributed by atoms with Crippen LogP contribution in [0.3, 0.4) is 0 Å². The molecule has 6 nitrogen and oxygen atoms in total. The highest BCUT2D eigenvalue weighted by Gasteiger charge is 2.27. The summed E-state index contributed by atoms with van der Waals surface area (Å²) in [7, 11) is 0. The van der Waals surface area contributed by atoms with E-state index >= 15 is 0 Å². The third-order valence-electron chi connectivity index (χ3n) is 3.59. The lowest BCUT2D eigenvalue weighted by Crippen LogP contribution is -2.41. The van der Waals surface area contributed by atoms with Crippen molar-refractivity contribution in [3.8, 4) is 0 Å². The summed E-state index contributed by atoms with van der Waals surface area (Å²) in [6.45, 7) is 9.74. The van der Waals surface area contributed by atoms with Gasteiger partial charge in [-0.1, -0.05) is 0 Å². The molecule has 0 spiro atoms. The molecule has 1 saturated heterocycles. The van der Waals surface area contributed by atoms with Crippen LogP contribution in [0.15, 0.2) is 6.07 Å². The quantitative estimate of drug-likeness (QED) is 0.805. The normalized spacial score (nSPS) is 17.5. The van der Waals surface area contributed by atoms with Crippen LogP contribution in [0.5, 0.6) is 0 Å². The van der Waals surface area contributed by atoms with E-state index in [9.17, 15) is 0 Å². The number of ether oxygens (including phenoxy) is 2. The van der Waals surface area contributed by atoms with Crippen molar-refractivity contribution in [1.82, 2.24) is 9.97 Å². The molecule has 21 heavy (non-hydrogen) atoms. The van der Waals surface area contributed by atoms with Crippen molar-refractivity contribution in [2.75, 3.05) is 37.0 Å². The number of hydrogen-bond acceptors (Lipinski definition) is 6. The van der Waals surface area contributed by atoms with Crippen LogP contribution in [0, 0.1) is 0 Å². The van der Waals surface area contributed by atoms with Gasteiger partial charge >= 0.3 is 0 Å². The first-order valence-electron chi connectivity index (χ1n) is 7.70. The Morgan fingerprint density at radius 1 is 1.24 bits per heavy atom. The molecule has 0 aromatic carbocycles. The second kappa shape index (κ2) is 7.56. The van der Waals surface area contributed by atoms with Crippen molar-refractivity contribution in [2.24, 2.45) is 0 Å². The number of rotatable bonds is 7. The van der Waals surface area contributed by atoms with Crippen molar-refractivity contribution < 1.29 is 9.47 Å². The first kappa shape index (κ1) is 16.0. The van der Waals surface area contributed by atoms with Gasteiger partial charge in [0.1, 0.15) is 18.2 Å². The lowest BCUT2D eigenvalue weighted by atomic mass is 9.92. The minimum Gasteiger partial charge on any atom is -0.381 e. The number of anilines is 2. The average Bonchev–Trinajstić information content (AvgIpc) is 2.45. The standard InChI is InChI=1S/C15H26N4O2/c1-4-16-12-10-13(18-14(17-12)11-20-5-2)19-15(3)6-8-21-9-7-15/h10H,4-9,11H2,1-3H3,(H2,16,17,18,19). The predicted molar refractivity (Wildman–Crippen MR) is 83.6 cm³/mol. The maximum atomic E-state index is 5.44. The minimum absolute atomic E-state index is 0.0268. The van der Waals surface area contributed by atoms with Gasteiger partial charge in [0.25, 0.3) is 0 Å². The molecule has 1 fully saturated rings. The highest BCUT2D eigenvalue weighted by Crippen LogP contribution is 2.25. The fourth-order valence-corrected chi connectivity index (χ4v) is 2.35. The molecule has 118 valence electrons. The Kier molecular flexibility index (Phi) is 5.76. The highest BCUT2D eigenvalue weighted by atomic mass is 16.5. The molecule has 6 heteroatoms. The first-order valence-corrected chi connectivity index (χ1v) is 7.70. The number of aromatic nitrogens is 2. The summed E-state index contributed by atoms with van der Waals surface area (Å²) in [5.41, 5.74) is 0.0268. The van der Waals surface area contributed by atoms with Gasteiger partial charge in [-0.3, -0.25) is 0 Å². The van der Waals surface area contributed by atoms with Gasteiger partial charge < -0.3 is 20.1 Å². The topological polar surface area (TPSA) is 68.3 Å². The van der Waals surface area contributed by atoms with Crippen molar-refractivity contribution in [1.29, 1.82) is 0 Å². The van der Waals surface area contributed by atoms with Crippen LogP contribution in [0.4, 0.5) is 11.6 Å². The van der Waals surface area contributed by atoms with E-state index in [1.165, 1.54) is 0 Å². The van der Waals surface area contributed by atoms with Crippen LogP contribution in [-0.2, 0) is 16.1 Å². The average molecular weight is 294 g/mol. The maximum absolute atomic E-state index is 5.44.